The summed E-state index contributed by atoms with van der Waals surface area (Å²) in [7, 11) is 1.61. The Morgan fingerprint density at radius 1 is 1.28 bits per heavy atom. The van der Waals surface area contributed by atoms with Gasteiger partial charge < -0.3 is 19.9 Å². The van der Waals surface area contributed by atoms with Crippen LogP contribution < -0.4 is 14.8 Å². The lowest BCUT2D eigenvalue weighted by atomic mass is 10.1. The molecule has 0 amide bonds. The summed E-state index contributed by atoms with van der Waals surface area (Å²) in [5, 5.41) is 12.6. The minimum absolute atomic E-state index is 0.289. The fourth-order valence-corrected chi connectivity index (χ4v) is 2.96. The van der Waals surface area contributed by atoms with Gasteiger partial charge in [-0.05, 0) is 43.2 Å². The number of halogens is 1. The zero-order valence-corrected chi connectivity index (χ0v) is 16.1. The third-order valence-electron chi connectivity index (χ3n) is 3.86. The van der Waals surface area contributed by atoms with Gasteiger partial charge in [0.05, 0.1) is 19.3 Å². The highest BCUT2D eigenvalue weighted by atomic mass is 79.9. The van der Waals surface area contributed by atoms with E-state index in [9.17, 15) is 9.90 Å². The quantitative estimate of drug-likeness (QED) is 0.653. The number of methoxy groups -OCH3 is 1. The molecule has 0 aliphatic rings. The van der Waals surface area contributed by atoms with Crippen molar-refractivity contribution >= 4 is 27.6 Å². The highest BCUT2D eigenvalue weighted by molar-refractivity contribution is 9.10. The van der Waals surface area contributed by atoms with Gasteiger partial charge in [0.2, 0.25) is 0 Å². The lowest BCUT2D eigenvalue weighted by molar-refractivity contribution is 0.0696. The predicted molar refractivity (Wildman–Crippen MR) is 102 cm³/mol. The molecule has 2 rings (SSSR count). The van der Waals surface area contributed by atoms with Crippen LogP contribution in [0.25, 0.3) is 0 Å². The van der Waals surface area contributed by atoms with Crippen LogP contribution in [0.3, 0.4) is 0 Å². The molecule has 0 spiro atoms. The van der Waals surface area contributed by atoms with Crippen LogP contribution in [0.15, 0.2) is 34.8 Å². The van der Waals surface area contributed by atoms with Crippen LogP contribution in [0.5, 0.6) is 11.5 Å². The molecule has 0 aliphatic heterocycles. The largest absolute Gasteiger partial charge is 0.493 e. The van der Waals surface area contributed by atoms with Gasteiger partial charge >= 0.3 is 5.97 Å². The van der Waals surface area contributed by atoms with Crippen molar-refractivity contribution < 1.29 is 19.4 Å². The molecule has 0 heterocycles. The molecule has 0 fully saturated rings. The van der Waals surface area contributed by atoms with Crippen molar-refractivity contribution in [1.29, 1.82) is 0 Å². The summed E-state index contributed by atoms with van der Waals surface area (Å²) in [5.74, 6) is 0.429. The molecule has 2 N–H and O–H groups in total. The smallest absolute Gasteiger partial charge is 0.336 e. The summed E-state index contributed by atoms with van der Waals surface area (Å²) in [6, 6.07) is 8.96. The number of nitrogens with one attached hydrogen (secondary N) is 1. The van der Waals surface area contributed by atoms with Gasteiger partial charge in [-0.1, -0.05) is 28.9 Å². The first-order valence-corrected chi connectivity index (χ1v) is 8.83. The average molecular weight is 408 g/mol. The Balaban J connectivity index is 2.31. The number of carbonyl (C=O) groups is 1. The van der Waals surface area contributed by atoms with E-state index in [4.69, 9.17) is 9.47 Å². The van der Waals surface area contributed by atoms with Gasteiger partial charge in [-0.25, -0.2) is 4.79 Å². The van der Waals surface area contributed by atoms with Crippen molar-refractivity contribution in [1.82, 2.24) is 0 Å². The second-order valence-corrected chi connectivity index (χ2v) is 6.40. The molecule has 0 atom stereocenters. The first-order valence-electron chi connectivity index (χ1n) is 8.04. The Labute approximate surface area is 156 Å². The van der Waals surface area contributed by atoms with Crippen LogP contribution in [0.1, 0.15) is 34.8 Å². The zero-order chi connectivity index (χ0) is 18.4. The molecule has 0 radical (unpaired) electrons. The van der Waals surface area contributed by atoms with Crippen molar-refractivity contribution in [2.24, 2.45) is 0 Å². The molecule has 5 nitrogen and oxygen atoms in total. The van der Waals surface area contributed by atoms with Crippen molar-refractivity contribution in [3.63, 3.8) is 0 Å². The van der Waals surface area contributed by atoms with Crippen molar-refractivity contribution in [2.75, 3.05) is 19.0 Å². The van der Waals surface area contributed by atoms with Crippen LogP contribution in [0.2, 0.25) is 0 Å². The van der Waals surface area contributed by atoms with Gasteiger partial charge in [0.15, 0.2) is 11.5 Å². The molecule has 0 unspecified atom stereocenters. The summed E-state index contributed by atoms with van der Waals surface area (Å²) in [4.78, 5) is 11.3. The normalized spacial score (nSPS) is 10.4. The summed E-state index contributed by atoms with van der Waals surface area (Å²) >= 11 is 3.56. The standard InChI is InChI=1S/C19H22BrNO4/c1-4-10-25-18-14(15(20)8-9-17(18)24-3)11-21-16-7-5-6-13(12(16)2)19(22)23/h5-9,21H,4,10-11H2,1-3H3,(H,22,23). The first-order chi connectivity index (χ1) is 12.0. The fourth-order valence-electron chi connectivity index (χ4n) is 2.51. The van der Waals surface area contributed by atoms with Crippen molar-refractivity contribution in [2.45, 2.75) is 26.8 Å². The topological polar surface area (TPSA) is 67.8 Å². The molecule has 2 aromatic rings. The maximum atomic E-state index is 11.3. The molecule has 2 aromatic carbocycles. The SMILES string of the molecule is CCCOc1c(OC)ccc(Br)c1CNc1cccc(C(=O)O)c1C. The van der Waals surface area contributed by atoms with E-state index in [2.05, 4.69) is 21.2 Å². The number of rotatable bonds is 8. The van der Waals surface area contributed by atoms with Crippen molar-refractivity contribution in [3.05, 3.63) is 51.5 Å². The summed E-state index contributed by atoms with van der Waals surface area (Å²) in [6.07, 6.45) is 0.891. The minimum atomic E-state index is -0.935. The number of carboxylic acid groups (broad SMARTS) is 1. The highest BCUT2D eigenvalue weighted by Gasteiger charge is 2.16. The van der Waals surface area contributed by atoms with E-state index in [1.54, 1.807) is 26.2 Å². The lowest BCUT2D eigenvalue weighted by Gasteiger charge is -2.18. The van der Waals surface area contributed by atoms with E-state index in [0.29, 0.717) is 30.2 Å². The second kappa shape index (κ2) is 8.76. The summed E-state index contributed by atoms with van der Waals surface area (Å²) in [5.41, 5.74) is 2.69. The number of anilines is 1. The molecule has 6 heteroatoms. The summed E-state index contributed by atoms with van der Waals surface area (Å²) < 4.78 is 12.2. The van der Waals surface area contributed by atoms with E-state index in [1.165, 1.54) is 0 Å². The number of carboxylic acids is 1. The molecule has 0 saturated carbocycles. The van der Waals surface area contributed by atoms with E-state index < -0.39 is 5.97 Å². The summed E-state index contributed by atoms with van der Waals surface area (Å²) in [6.45, 7) is 4.90. The zero-order valence-electron chi connectivity index (χ0n) is 14.6. The molecule has 0 bridgehead atoms. The van der Waals surface area contributed by atoms with E-state index in [0.717, 1.165) is 22.1 Å². The van der Waals surface area contributed by atoms with Crippen LogP contribution in [0.4, 0.5) is 5.69 Å². The van der Waals surface area contributed by atoms with E-state index >= 15 is 0 Å². The lowest BCUT2D eigenvalue weighted by Crippen LogP contribution is -2.08. The molecule has 25 heavy (non-hydrogen) atoms. The maximum Gasteiger partial charge on any atom is 0.336 e. The number of hydrogen-bond donors (Lipinski definition) is 2. The van der Waals surface area contributed by atoms with Crippen LogP contribution >= 0.6 is 15.9 Å². The number of aromatic carboxylic acids is 1. The molecule has 0 aromatic heterocycles. The number of ether oxygens (including phenoxy) is 2. The highest BCUT2D eigenvalue weighted by Crippen LogP contribution is 2.37. The first kappa shape index (κ1) is 19.1. The van der Waals surface area contributed by atoms with E-state index in [-0.39, 0.29) is 5.56 Å². The number of hydrogen-bond acceptors (Lipinski definition) is 4. The van der Waals surface area contributed by atoms with E-state index in [1.807, 2.05) is 25.1 Å². The Bertz CT molecular complexity index is 761. The third-order valence-corrected chi connectivity index (χ3v) is 4.60. The molecule has 134 valence electrons. The number of benzene rings is 2. The Morgan fingerprint density at radius 2 is 2.04 bits per heavy atom. The monoisotopic (exact) mass is 407 g/mol. The minimum Gasteiger partial charge on any atom is -0.493 e. The van der Waals surface area contributed by atoms with Crippen LogP contribution in [-0.2, 0) is 6.54 Å². The maximum absolute atomic E-state index is 11.3. The predicted octanol–water partition coefficient (Wildman–Crippen LogP) is 4.87. The molecule has 0 saturated heterocycles. The van der Waals surface area contributed by atoms with Gasteiger partial charge in [0.1, 0.15) is 0 Å². The van der Waals surface area contributed by atoms with Gasteiger partial charge in [0.25, 0.3) is 0 Å². The van der Waals surface area contributed by atoms with Gasteiger partial charge in [-0.2, -0.15) is 0 Å². The van der Waals surface area contributed by atoms with Gasteiger partial charge in [-0.3, -0.25) is 0 Å². The second-order valence-electron chi connectivity index (χ2n) is 5.54. The van der Waals surface area contributed by atoms with Crippen LogP contribution in [0, 0.1) is 6.92 Å². The van der Waals surface area contributed by atoms with Gasteiger partial charge in [-0.15, -0.1) is 0 Å². The molecule has 0 aliphatic carbocycles. The Kier molecular flexibility index (Phi) is 6.70. The molecular formula is C19H22BrNO4. The fraction of sp³-hybridized carbons (Fsp3) is 0.316. The van der Waals surface area contributed by atoms with Gasteiger partial charge in [0, 0.05) is 22.3 Å². The third kappa shape index (κ3) is 4.45. The average Bonchev–Trinajstić information content (AvgIpc) is 2.59. The molecular weight excluding hydrogens is 386 g/mol. The van der Waals surface area contributed by atoms with Crippen LogP contribution in [-0.4, -0.2) is 24.8 Å². The Morgan fingerprint density at radius 3 is 2.68 bits per heavy atom. The Hall–Kier alpha value is -2.21. The van der Waals surface area contributed by atoms with Crippen molar-refractivity contribution in [3.8, 4) is 11.5 Å².